The highest BCUT2D eigenvalue weighted by atomic mass is 16.6. The summed E-state index contributed by atoms with van der Waals surface area (Å²) < 4.78 is 4.92. The molecule has 0 aliphatic heterocycles. The van der Waals surface area contributed by atoms with Crippen LogP contribution in [0.3, 0.4) is 0 Å². The number of ether oxygens (including phenoxy) is 1. The Kier molecular flexibility index (Phi) is 3.23. The summed E-state index contributed by atoms with van der Waals surface area (Å²) in [7, 11) is 0. The van der Waals surface area contributed by atoms with E-state index < -0.39 is 11.7 Å². The number of carbonyl (C=O) groups is 1. The zero-order valence-electron chi connectivity index (χ0n) is 7.76. The lowest BCUT2D eigenvalue weighted by Gasteiger charge is -2.17. The molecule has 0 bridgehead atoms. The lowest BCUT2D eigenvalue weighted by atomic mass is 10.2. The van der Waals surface area contributed by atoms with E-state index in [9.17, 15) is 4.79 Å². The van der Waals surface area contributed by atoms with E-state index in [-0.39, 0.29) is 0 Å². The molecular formula is C8H15NO2. The first kappa shape index (κ1) is 10.1. The van der Waals surface area contributed by atoms with Gasteiger partial charge < -0.3 is 4.74 Å². The van der Waals surface area contributed by atoms with Crippen LogP contribution in [0.4, 0.5) is 4.79 Å². The zero-order chi connectivity index (χ0) is 9.07. The van der Waals surface area contributed by atoms with E-state index in [2.05, 4.69) is 4.99 Å². The van der Waals surface area contributed by atoms with E-state index in [0.717, 1.165) is 0 Å². The maximum atomic E-state index is 10.9. The van der Waals surface area contributed by atoms with Gasteiger partial charge in [0.15, 0.2) is 0 Å². The molecule has 11 heavy (non-hydrogen) atoms. The molecule has 0 aliphatic rings. The molecule has 0 aromatic rings. The molecule has 0 saturated carbocycles. The average molecular weight is 157 g/mol. The van der Waals surface area contributed by atoms with Crippen molar-refractivity contribution < 1.29 is 9.53 Å². The first-order valence-electron chi connectivity index (χ1n) is 3.56. The zero-order valence-corrected chi connectivity index (χ0v) is 7.76. The Morgan fingerprint density at radius 1 is 1.27 bits per heavy atom. The Bertz CT molecular complexity index is 173. The highest BCUT2D eigenvalue weighted by molar-refractivity contribution is 5.89. The van der Waals surface area contributed by atoms with Crippen LogP contribution in [0.25, 0.3) is 0 Å². The van der Waals surface area contributed by atoms with Crippen LogP contribution in [0, 0.1) is 0 Å². The predicted molar refractivity (Wildman–Crippen MR) is 45.0 cm³/mol. The SMILES string of the molecule is CC(C)=NC(=O)OC(C)(C)C. The Balaban J connectivity index is 4.00. The van der Waals surface area contributed by atoms with Gasteiger partial charge in [-0.1, -0.05) is 0 Å². The minimum Gasteiger partial charge on any atom is -0.442 e. The number of hydrogen-bond acceptors (Lipinski definition) is 2. The van der Waals surface area contributed by atoms with E-state index >= 15 is 0 Å². The van der Waals surface area contributed by atoms with Crippen molar-refractivity contribution in [1.29, 1.82) is 0 Å². The van der Waals surface area contributed by atoms with Gasteiger partial charge in [0.2, 0.25) is 0 Å². The molecule has 0 aromatic heterocycles. The standard InChI is InChI=1S/C8H15NO2/c1-6(2)9-7(10)11-8(3,4)5/h1-5H3. The third kappa shape index (κ3) is 7.03. The fourth-order valence-electron chi connectivity index (χ4n) is 0.467. The first-order valence-corrected chi connectivity index (χ1v) is 3.56. The second kappa shape index (κ2) is 3.51. The molecule has 0 fully saturated rings. The van der Waals surface area contributed by atoms with Crippen LogP contribution < -0.4 is 0 Å². The fraction of sp³-hybridized carbons (Fsp3) is 0.750. The summed E-state index contributed by atoms with van der Waals surface area (Å²) in [5.41, 5.74) is 0.259. The molecule has 0 rings (SSSR count). The Morgan fingerprint density at radius 2 is 1.73 bits per heavy atom. The largest absolute Gasteiger partial charge is 0.442 e. The van der Waals surface area contributed by atoms with Gasteiger partial charge in [0.05, 0.1) is 0 Å². The summed E-state index contributed by atoms with van der Waals surface area (Å²) in [6.07, 6.45) is -0.516. The quantitative estimate of drug-likeness (QED) is 0.506. The Hall–Kier alpha value is -0.860. The molecule has 0 atom stereocenters. The smallest absolute Gasteiger partial charge is 0.433 e. The van der Waals surface area contributed by atoms with Crippen molar-refractivity contribution in [3.05, 3.63) is 0 Å². The molecule has 0 spiro atoms. The van der Waals surface area contributed by atoms with Gasteiger partial charge >= 0.3 is 6.09 Å². The molecule has 0 aliphatic carbocycles. The fourth-order valence-corrected chi connectivity index (χ4v) is 0.467. The van der Waals surface area contributed by atoms with Crippen LogP contribution in [-0.2, 0) is 4.74 Å². The molecule has 3 heteroatoms. The van der Waals surface area contributed by atoms with E-state index in [1.165, 1.54) is 0 Å². The number of hydrogen-bond donors (Lipinski definition) is 0. The molecule has 0 radical (unpaired) electrons. The monoisotopic (exact) mass is 157 g/mol. The van der Waals surface area contributed by atoms with Gasteiger partial charge in [-0.15, -0.1) is 0 Å². The summed E-state index contributed by atoms with van der Waals surface area (Å²) in [5, 5.41) is 0. The number of carbonyl (C=O) groups excluding carboxylic acids is 1. The van der Waals surface area contributed by atoms with E-state index in [1.807, 2.05) is 20.8 Å². The first-order chi connectivity index (χ1) is 4.81. The van der Waals surface area contributed by atoms with Crippen LogP contribution >= 0.6 is 0 Å². The van der Waals surface area contributed by atoms with Crippen LogP contribution in [0.5, 0.6) is 0 Å². The van der Waals surface area contributed by atoms with Crippen LogP contribution in [0.2, 0.25) is 0 Å². The Labute approximate surface area is 67.5 Å². The molecule has 0 unspecified atom stereocenters. The van der Waals surface area contributed by atoms with Crippen molar-refractivity contribution in [2.45, 2.75) is 40.2 Å². The summed E-state index contributed by atoms with van der Waals surface area (Å²) in [4.78, 5) is 14.5. The third-order valence-electron chi connectivity index (χ3n) is 0.708. The second-order valence-corrected chi connectivity index (χ2v) is 3.54. The molecule has 0 saturated heterocycles. The van der Waals surface area contributed by atoms with Crippen LogP contribution in [-0.4, -0.2) is 17.4 Å². The maximum absolute atomic E-state index is 10.9. The molecular weight excluding hydrogens is 142 g/mol. The van der Waals surface area contributed by atoms with Crippen molar-refractivity contribution in [1.82, 2.24) is 0 Å². The molecule has 64 valence electrons. The Morgan fingerprint density at radius 3 is 2.00 bits per heavy atom. The topological polar surface area (TPSA) is 38.7 Å². The lowest BCUT2D eigenvalue weighted by Crippen LogP contribution is -2.22. The van der Waals surface area contributed by atoms with Gasteiger partial charge in [0.1, 0.15) is 5.60 Å². The lowest BCUT2D eigenvalue weighted by molar-refractivity contribution is 0.0604. The summed E-state index contributed by atoms with van der Waals surface area (Å²) in [5.74, 6) is 0. The van der Waals surface area contributed by atoms with Gasteiger partial charge in [-0.05, 0) is 34.6 Å². The predicted octanol–water partition coefficient (Wildman–Crippen LogP) is 2.40. The van der Waals surface area contributed by atoms with Crippen molar-refractivity contribution in [3.8, 4) is 0 Å². The second-order valence-electron chi connectivity index (χ2n) is 3.54. The summed E-state index contributed by atoms with van der Waals surface area (Å²) in [6.45, 7) is 8.94. The molecule has 0 aromatic carbocycles. The van der Waals surface area contributed by atoms with Crippen molar-refractivity contribution >= 4 is 11.8 Å². The van der Waals surface area contributed by atoms with Crippen molar-refractivity contribution in [3.63, 3.8) is 0 Å². The highest BCUT2D eigenvalue weighted by Gasteiger charge is 2.14. The van der Waals surface area contributed by atoms with Crippen LogP contribution in [0.15, 0.2) is 4.99 Å². The van der Waals surface area contributed by atoms with Crippen LogP contribution in [0.1, 0.15) is 34.6 Å². The normalized spacial score (nSPS) is 10.6. The molecule has 1 amide bonds. The number of nitrogens with zero attached hydrogens (tertiary/aromatic N) is 1. The summed E-state index contributed by atoms with van der Waals surface area (Å²) >= 11 is 0. The van der Waals surface area contributed by atoms with Crippen molar-refractivity contribution in [2.24, 2.45) is 4.99 Å². The average Bonchev–Trinajstić information content (AvgIpc) is 1.53. The maximum Gasteiger partial charge on any atom is 0.433 e. The minimum atomic E-state index is -0.516. The van der Waals surface area contributed by atoms with Gasteiger partial charge in [0.25, 0.3) is 0 Å². The highest BCUT2D eigenvalue weighted by Crippen LogP contribution is 2.07. The van der Waals surface area contributed by atoms with Gasteiger partial charge in [-0.25, -0.2) is 4.79 Å². The molecule has 0 heterocycles. The van der Waals surface area contributed by atoms with E-state index in [0.29, 0.717) is 5.71 Å². The van der Waals surface area contributed by atoms with E-state index in [1.54, 1.807) is 13.8 Å². The third-order valence-corrected chi connectivity index (χ3v) is 0.708. The van der Waals surface area contributed by atoms with E-state index in [4.69, 9.17) is 4.74 Å². The molecule has 0 N–H and O–H groups in total. The van der Waals surface area contributed by atoms with Gasteiger partial charge in [-0.2, -0.15) is 4.99 Å². The number of aliphatic imine (C=N–C) groups is 1. The summed E-state index contributed by atoms with van der Waals surface area (Å²) in [6, 6.07) is 0. The number of amides is 1. The van der Waals surface area contributed by atoms with Gasteiger partial charge in [-0.3, -0.25) is 0 Å². The van der Waals surface area contributed by atoms with Crippen molar-refractivity contribution in [2.75, 3.05) is 0 Å². The van der Waals surface area contributed by atoms with Gasteiger partial charge in [0, 0.05) is 5.71 Å². The molecule has 3 nitrogen and oxygen atoms in total. The minimum absolute atomic E-state index is 0.448. The number of rotatable bonds is 0.